The molecule has 0 aliphatic rings. The molecule has 2 aromatic heterocycles. The first kappa shape index (κ1) is 16.0. The van der Waals surface area contributed by atoms with Gasteiger partial charge in [-0.25, -0.2) is 9.97 Å². The van der Waals surface area contributed by atoms with Crippen LogP contribution in [0.15, 0.2) is 85.2 Å². The van der Waals surface area contributed by atoms with E-state index in [0.717, 1.165) is 33.8 Å². The van der Waals surface area contributed by atoms with Crippen molar-refractivity contribution in [1.29, 1.82) is 0 Å². The van der Waals surface area contributed by atoms with E-state index < -0.39 is 0 Å². The molecule has 4 heteroatoms. The highest BCUT2D eigenvalue weighted by molar-refractivity contribution is 5.71. The van der Waals surface area contributed by atoms with Gasteiger partial charge in [-0.05, 0) is 42.5 Å². The first-order valence-corrected chi connectivity index (χ1v) is 8.33. The zero-order valence-corrected chi connectivity index (χ0v) is 14.3. The van der Waals surface area contributed by atoms with Crippen LogP contribution < -0.4 is 4.74 Å². The monoisotopic (exact) mass is 339 g/mol. The lowest BCUT2D eigenvalue weighted by atomic mass is 10.1. The Morgan fingerprint density at radius 3 is 2.04 bits per heavy atom. The van der Waals surface area contributed by atoms with E-state index in [9.17, 15) is 0 Å². The fourth-order valence-electron chi connectivity index (χ4n) is 2.74. The Hall–Kier alpha value is -3.53. The van der Waals surface area contributed by atoms with E-state index in [-0.39, 0.29) is 0 Å². The van der Waals surface area contributed by atoms with Crippen molar-refractivity contribution in [3.63, 3.8) is 0 Å². The maximum absolute atomic E-state index is 5.25. The molecule has 0 saturated heterocycles. The minimum Gasteiger partial charge on any atom is -0.497 e. The van der Waals surface area contributed by atoms with Gasteiger partial charge in [0.25, 0.3) is 0 Å². The summed E-state index contributed by atoms with van der Waals surface area (Å²) in [5.74, 6) is 1.51. The van der Waals surface area contributed by atoms with Gasteiger partial charge < -0.3 is 4.74 Å². The lowest BCUT2D eigenvalue weighted by Crippen LogP contribution is -1.96. The van der Waals surface area contributed by atoms with E-state index >= 15 is 0 Å². The molecule has 0 spiro atoms. The lowest BCUT2D eigenvalue weighted by molar-refractivity contribution is 0.415. The summed E-state index contributed by atoms with van der Waals surface area (Å²) in [5, 5.41) is 0. The van der Waals surface area contributed by atoms with Gasteiger partial charge in [-0.15, -0.1) is 0 Å². The molecule has 4 aromatic rings. The second-order valence-electron chi connectivity index (χ2n) is 5.80. The molecule has 0 amide bonds. The number of nitrogens with zero attached hydrogens (tertiary/aromatic N) is 3. The number of hydrogen-bond donors (Lipinski definition) is 0. The van der Waals surface area contributed by atoms with Crippen molar-refractivity contribution >= 4 is 0 Å². The molecule has 0 fully saturated rings. The number of ether oxygens (including phenoxy) is 1. The average molecular weight is 339 g/mol. The summed E-state index contributed by atoms with van der Waals surface area (Å²) in [6.45, 7) is 0. The molecule has 0 radical (unpaired) electrons. The second-order valence-corrected chi connectivity index (χ2v) is 5.80. The van der Waals surface area contributed by atoms with Gasteiger partial charge in [0, 0.05) is 29.1 Å². The van der Waals surface area contributed by atoms with Gasteiger partial charge in [0.05, 0.1) is 18.5 Å². The third-order valence-electron chi connectivity index (χ3n) is 4.10. The van der Waals surface area contributed by atoms with Crippen molar-refractivity contribution in [2.24, 2.45) is 0 Å². The summed E-state index contributed by atoms with van der Waals surface area (Å²) in [5.41, 5.74) is 4.66. The molecule has 0 aliphatic carbocycles. The zero-order chi connectivity index (χ0) is 17.8. The third kappa shape index (κ3) is 3.30. The molecule has 4 rings (SSSR count). The Bertz CT molecular complexity index is 943. The quantitative estimate of drug-likeness (QED) is 0.531. The fourth-order valence-corrected chi connectivity index (χ4v) is 2.74. The van der Waals surface area contributed by atoms with Crippen molar-refractivity contribution in [2.75, 3.05) is 7.11 Å². The third-order valence-corrected chi connectivity index (χ3v) is 4.10. The van der Waals surface area contributed by atoms with E-state index in [2.05, 4.69) is 4.98 Å². The molecule has 4 nitrogen and oxygen atoms in total. The molecule has 0 unspecified atom stereocenters. The number of rotatable bonds is 4. The van der Waals surface area contributed by atoms with Crippen LogP contribution in [0.25, 0.3) is 33.9 Å². The van der Waals surface area contributed by atoms with Crippen LogP contribution in [0.2, 0.25) is 0 Å². The van der Waals surface area contributed by atoms with E-state index in [4.69, 9.17) is 14.7 Å². The summed E-state index contributed by atoms with van der Waals surface area (Å²) in [7, 11) is 1.66. The summed E-state index contributed by atoms with van der Waals surface area (Å²) in [6.07, 6.45) is 3.57. The minimum absolute atomic E-state index is 0.692. The Morgan fingerprint density at radius 2 is 1.38 bits per heavy atom. The Balaban J connectivity index is 1.87. The standard InChI is InChI=1S/C22H17N3O/c1-26-19-11-9-16(10-12-19)20-14-21(18-8-5-13-23-15-18)25-22(24-20)17-6-3-2-4-7-17/h2-15H,1H3. The SMILES string of the molecule is COc1ccc(-c2cc(-c3cccnc3)nc(-c3ccccc3)n2)cc1. The Kier molecular flexibility index (Phi) is 4.39. The van der Waals surface area contributed by atoms with E-state index in [1.807, 2.05) is 79.0 Å². The topological polar surface area (TPSA) is 47.9 Å². The van der Waals surface area contributed by atoms with Crippen molar-refractivity contribution in [1.82, 2.24) is 15.0 Å². The molecule has 2 aromatic carbocycles. The molecule has 126 valence electrons. The number of aromatic nitrogens is 3. The molecule has 0 bridgehead atoms. The van der Waals surface area contributed by atoms with Crippen LogP contribution in [0.3, 0.4) is 0 Å². The highest BCUT2D eigenvalue weighted by Crippen LogP contribution is 2.28. The van der Waals surface area contributed by atoms with Gasteiger partial charge >= 0.3 is 0 Å². The number of benzene rings is 2. The van der Waals surface area contributed by atoms with Crippen molar-refractivity contribution in [3.8, 4) is 39.7 Å². The van der Waals surface area contributed by atoms with E-state index in [0.29, 0.717) is 5.82 Å². The highest BCUT2D eigenvalue weighted by atomic mass is 16.5. The molecule has 0 saturated carbocycles. The summed E-state index contributed by atoms with van der Waals surface area (Å²) >= 11 is 0. The van der Waals surface area contributed by atoms with E-state index in [1.54, 1.807) is 13.3 Å². The second kappa shape index (κ2) is 7.15. The maximum atomic E-state index is 5.25. The predicted octanol–water partition coefficient (Wildman–Crippen LogP) is 4.88. The smallest absolute Gasteiger partial charge is 0.160 e. The maximum Gasteiger partial charge on any atom is 0.160 e. The molecule has 0 aliphatic heterocycles. The van der Waals surface area contributed by atoms with Gasteiger partial charge in [-0.1, -0.05) is 30.3 Å². The van der Waals surface area contributed by atoms with Crippen LogP contribution in [-0.4, -0.2) is 22.1 Å². The first-order valence-electron chi connectivity index (χ1n) is 8.33. The number of methoxy groups -OCH3 is 1. The van der Waals surface area contributed by atoms with Crippen LogP contribution in [0.5, 0.6) is 5.75 Å². The summed E-state index contributed by atoms with van der Waals surface area (Å²) in [4.78, 5) is 13.8. The van der Waals surface area contributed by atoms with Gasteiger partial charge in [0.1, 0.15) is 5.75 Å². The van der Waals surface area contributed by atoms with Gasteiger partial charge in [0.15, 0.2) is 5.82 Å². The predicted molar refractivity (Wildman–Crippen MR) is 103 cm³/mol. The van der Waals surface area contributed by atoms with Crippen molar-refractivity contribution in [2.45, 2.75) is 0 Å². The summed E-state index contributed by atoms with van der Waals surface area (Å²) < 4.78 is 5.25. The van der Waals surface area contributed by atoms with Gasteiger partial charge in [-0.3, -0.25) is 4.98 Å². The number of pyridine rings is 1. The van der Waals surface area contributed by atoms with Crippen molar-refractivity contribution in [3.05, 3.63) is 85.2 Å². The summed E-state index contributed by atoms with van der Waals surface area (Å²) in [6, 6.07) is 23.8. The molecule has 26 heavy (non-hydrogen) atoms. The minimum atomic E-state index is 0.692. The van der Waals surface area contributed by atoms with Crippen LogP contribution in [0.1, 0.15) is 0 Å². The average Bonchev–Trinajstić information content (AvgIpc) is 2.75. The van der Waals surface area contributed by atoms with Crippen LogP contribution in [-0.2, 0) is 0 Å². The van der Waals surface area contributed by atoms with Crippen LogP contribution >= 0.6 is 0 Å². The van der Waals surface area contributed by atoms with Gasteiger partial charge in [0.2, 0.25) is 0 Å². The van der Waals surface area contributed by atoms with Gasteiger partial charge in [-0.2, -0.15) is 0 Å². The molecule has 0 atom stereocenters. The van der Waals surface area contributed by atoms with E-state index in [1.165, 1.54) is 0 Å². The van der Waals surface area contributed by atoms with Crippen molar-refractivity contribution < 1.29 is 4.74 Å². The normalized spacial score (nSPS) is 10.5. The lowest BCUT2D eigenvalue weighted by Gasteiger charge is -2.09. The molecular weight excluding hydrogens is 322 g/mol. The zero-order valence-electron chi connectivity index (χ0n) is 14.3. The fraction of sp³-hybridized carbons (Fsp3) is 0.0455. The van der Waals surface area contributed by atoms with Crippen LogP contribution in [0.4, 0.5) is 0 Å². The molecule has 2 heterocycles. The van der Waals surface area contributed by atoms with Crippen LogP contribution in [0, 0.1) is 0 Å². The highest BCUT2D eigenvalue weighted by Gasteiger charge is 2.10. The molecule has 0 N–H and O–H groups in total. The Morgan fingerprint density at radius 1 is 0.692 bits per heavy atom. The number of hydrogen-bond acceptors (Lipinski definition) is 4. The largest absolute Gasteiger partial charge is 0.497 e. The molecular formula is C22H17N3O. The Labute approximate surface area is 152 Å². The first-order chi connectivity index (χ1) is 12.8.